The molecule has 1 fully saturated rings. The van der Waals surface area contributed by atoms with Crippen molar-refractivity contribution in [2.75, 3.05) is 57.0 Å². The summed E-state index contributed by atoms with van der Waals surface area (Å²) in [5.74, 6) is 0.865. The smallest absolute Gasteiger partial charge is 0.260 e. The molecule has 0 radical (unpaired) electrons. The zero-order valence-corrected chi connectivity index (χ0v) is 26.5. The number of nitrogens with two attached hydrogens (primary N) is 1. The highest BCUT2D eigenvalue weighted by atomic mass is 35.5. The van der Waals surface area contributed by atoms with E-state index in [-0.39, 0.29) is 30.8 Å². The van der Waals surface area contributed by atoms with E-state index in [2.05, 4.69) is 36.4 Å². The molecule has 0 saturated carbocycles. The van der Waals surface area contributed by atoms with Crippen molar-refractivity contribution in [1.29, 1.82) is 0 Å². The van der Waals surface area contributed by atoms with Crippen molar-refractivity contribution in [2.24, 2.45) is 0 Å². The first-order chi connectivity index (χ1) is 20.7. The van der Waals surface area contributed by atoms with Crippen molar-refractivity contribution in [3.63, 3.8) is 0 Å². The summed E-state index contributed by atoms with van der Waals surface area (Å²) in [5.41, 5.74) is 12.1. The summed E-state index contributed by atoms with van der Waals surface area (Å²) in [7, 11) is 1.62. The largest absolute Gasteiger partial charge is 0.496 e. The Labute approximate surface area is 257 Å². The number of fused-ring (bicyclic) bond motifs is 1. The number of alkyl halides is 1. The van der Waals surface area contributed by atoms with Gasteiger partial charge >= 0.3 is 0 Å². The fourth-order valence-electron chi connectivity index (χ4n) is 5.72. The van der Waals surface area contributed by atoms with E-state index < -0.39 is 0 Å². The van der Waals surface area contributed by atoms with Crippen LogP contribution < -0.4 is 15.4 Å². The van der Waals surface area contributed by atoms with Gasteiger partial charge in [0, 0.05) is 59.0 Å². The lowest BCUT2D eigenvalue weighted by atomic mass is 10.0. The maximum atomic E-state index is 13.8. The Balaban J connectivity index is 0.00000207. The zero-order valence-electron chi connectivity index (χ0n) is 25.7. The summed E-state index contributed by atoms with van der Waals surface area (Å²) in [6, 6.07) is 0. The van der Waals surface area contributed by atoms with Crippen LogP contribution in [-0.2, 0) is 16.1 Å². The van der Waals surface area contributed by atoms with Crippen molar-refractivity contribution in [3.05, 3.63) is 57.3 Å². The van der Waals surface area contributed by atoms with Crippen molar-refractivity contribution >= 4 is 46.7 Å². The Kier molecular flexibility index (Phi) is 10.5. The first kappa shape index (κ1) is 32.1. The number of hydrogen-bond acceptors (Lipinski definition) is 9. The Bertz CT molecular complexity index is 1530. The normalized spacial score (nSPS) is 15.6. The molecule has 2 aliphatic rings. The molecule has 3 aromatic rings. The number of aromatic amines is 1. The highest BCUT2D eigenvalue weighted by molar-refractivity contribution is 6.35. The molecule has 0 atom stereocenters. The van der Waals surface area contributed by atoms with Crippen LogP contribution in [0.5, 0.6) is 5.75 Å². The lowest BCUT2D eigenvalue weighted by molar-refractivity contribution is -0.113. The quantitative estimate of drug-likeness (QED) is 0.149. The van der Waals surface area contributed by atoms with Gasteiger partial charge in [0.15, 0.2) is 5.78 Å². The second-order valence-electron chi connectivity index (χ2n) is 10.6. The first-order valence-electron chi connectivity index (χ1n) is 14.2. The third-order valence-electron chi connectivity index (χ3n) is 7.89. The van der Waals surface area contributed by atoms with Crippen LogP contribution in [0.25, 0.3) is 11.6 Å². The van der Waals surface area contributed by atoms with E-state index in [1.54, 1.807) is 30.5 Å². The van der Waals surface area contributed by atoms with Gasteiger partial charge in [0.25, 0.3) is 5.91 Å². The van der Waals surface area contributed by atoms with E-state index in [1.807, 2.05) is 27.7 Å². The number of Topliss-reactive ketones (excluding diaryl/α,β-unsaturated/α-hetero) is 1. The molecule has 1 amide bonds. The van der Waals surface area contributed by atoms with Crippen LogP contribution >= 0.6 is 11.6 Å². The molecule has 230 valence electrons. The number of likely N-dealkylation sites (tertiary alicyclic amines) is 1. The summed E-state index contributed by atoms with van der Waals surface area (Å²) in [4.78, 5) is 47.2. The van der Waals surface area contributed by atoms with Crippen LogP contribution in [0.4, 0.5) is 11.8 Å². The Morgan fingerprint density at radius 3 is 2.53 bits per heavy atom. The summed E-state index contributed by atoms with van der Waals surface area (Å²) in [6.07, 6.45) is 8.96. The number of nitrogen functional groups attached to an aromatic ring is 1. The minimum Gasteiger partial charge on any atom is -0.496 e. The standard InChI is InChI=1S/C30H37N7O4.CH3Cl/c1-17-13-32-24(19(3)27(17)40-5)15-37-28-22(14-33-30(31)35-28)21(29(37)39)12-23-18(2)26(20(4)34-23)25(38)16-41-11-10-36-8-6-7-9-36;1-2/h12-14,34H,6-11,15-16H2,1-5H3,(H2,31,33,35);1H3/b21-12-;. The number of aromatic nitrogens is 4. The van der Waals surface area contributed by atoms with Gasteiger partial charge in [-0.25, -0.2) is 4.98 Å². The van der Waals surface area contributed by atoms with Crippen molar-refractivity contribution < 1.29 is 19.1 Å². The number of nitrogens with zero attached hydrogens (tertiary/aromatic N) is 5. The number of anilines is 2. The van der Waals surface area contributed by atoms with Crippen LogP contribution in [0.1, 0.15) is 62.5 Å². The fourth-order valence-corrected chi connectivity index (χ4v) is 5.72. The summed E-state index contributed by atoms with van der Waals surface area (Å²) in [6.45, 7) is 11.3. The topological polar surface area (TPSA) is 140 Å². The molecule has 1 saturated heterocycles. The second kappa shape index (κ2) is 14.1. The number of ether oxygens (including phenoxy) is 2. The van der Waals surface area contributed by atoms with Gasteiger partial charge in [-0.2, -0.15) is 4.98 Å². The number of rotatable bonds is 10. The molecule has 5 heterocycles. The molecule has 3 aromatic heterocycles. The number of hydrogen-bond donors (Lipinski definition) is 2. The molecule has 2 aliphatic heterocycles. The summed E-state index contributed by atoms with van der Waals surface area (Å²) < 4.78 is 11.3. The lowest BCUT2D eigenvalue weighted by Gasteiger charge is -2.18. The number of nitrogens with one attached hydrogen (secondary N) is 1. The minimum atomic E-state index is -0.259. The van der Waals surface area contributed by atoms with Crippen LogP contribution in [0.2, 0.25) is 0 Å². The van der Waals surface area contributed by atoms with Crippen LogP contribution in [0.15, 0.2) is 12.4 Å². The maximum Gasteiger partial charge on any atom is 0.260 e. The Hall–Kier alpha value is -3.80. The van der Waals surface area contributed by atoms with Gasteiger partial charge < -0.3 is 25.1 Å². The highest BCUT2D eigenvalue weighted by Gasteiger charge is 2.36. The van der Waals surface area contributed by atoms with Gasteiger partial charge in [-0.1, -0.05) is 0 Å². The number of aryl methyl sites for hydroxylation is 2. The van der Waals surface area contributed by atoms with E-state index in [9.17, 15) is 9.59 Å². The van der Waals surface area contributed by atoms with E-state index in [4.69, 9.17) is 15.2 Å². The predicted molar refractivity (Wildman–Crippen MR) is 169 cm³/mol. The molecule has 3 N–H and O–H groups in total. The van der Waals surface area contributed by atoms with Crippen molar-refractivity contribution in [2.45, 2.75) is 47.1 Å². The number of methoxy groups -OCH3 is 1. The third-order valence-corrected chi connectivity index (χ3v) is 7.89. The SMILES string of the molecule is CCl.COc1c(C)cnc(CN2C(=O)/C(=C\c3[nH]c(C)c(C(=O)COCCN4CCCC4)c3C)c3cnc(N)nc32)c1C. The van der Waals surface area contributed by atoms with Crippen LogP contribution in [0.3, 0.4) is 0 Å². The maximum absolute atomic E-state index is 13.8. The molecular formula is C31H40ClN7O4. The number of carbonyl (C=O) groups excluding carboxylic acids is 2. The fraction of sp³-hybridized carbons (Fsp3) is 0.452. The van der Waals surface area contributed by atoms with Gasteiger partial charge in [-0.15, -0.1) is 11.6 Å². The van der Waals surface area contributed by atoms with Gasteiger partial charge in [-0.3, -0.25) is 19.5 Å². The molecule has 11 nitrogen and oxygen atoms in total. The summed E-state index contributed by atoms with van der Waals surface area (Å²) in [5, 5.41) is 0. The molecular weight excluding hydrogens is 570 g/mol. The monoisotopic (exact) mass is 609 g/mol. The van der Waals surface area contributed by atoms with Gasteiger partial charge in [-0.05, 0) is 65.3 Å². The number of carbonyl (C=O) groups is 2. The van der Waals surface area contributed by atoms with Gasteiger partial charge in [0.1, 0.15) is 18.2 Å². The van der Waals surface area contributed by atoms with E-state index in [0.717, 1.165) is 47.8 Å². The van der Waals surface area contributed by atoms with E-state index in [1.165, 1.54) is 19.2 Å². The van der Waals surface area contributed by atoms with Crippen LogP contribution in [0, 0.1) is 27.7 Å². The Morgan fingerprint density at radius 2 is 1.84 bits per heavy atom. The zero-order chi connectivity index (χ0) is 31.3. The number of amides is 1. The molecule has 43 heavy (non-hydrogen) atoms. The first-order valence-corrected chi connectivity index (χ1v) is 15.0. The lowest BCUT2D eigenvalue weighted by Crippen LogP contribution is -2.27. The van der Waals surface area contributed by atoms with E-state index >= 15 is 0 Å². The Morgan fingerprint density at radius 1 is 1.12 bits per heavy atom. The molecule has 5 rings (SSSR count). The average Bonchev–Trinajstić information content (AvgIpc) is 3.67. The van der Waals surface area contributed by atoms with Crippen molar-refractivity contribution in [3.8, 4) is 5.75 Å². The van der Waals surface area contributed by atoms with Gasteiger partial charge in [0.05, 0.1) is 31.5 Å². The number of H-pyrrole nitrogens is 1. The number of halogens is 1. The third kappa shape index (κ3) is 6.74. The molecule has 0 unspecified atom stereocenters. The van der Waals surface area contributed by atoms with Crippen molar-refractivity contribution in [1.82, 2.24) is 24.8 Å². The number of pyridine rings is 1. The molecule has 0 aromatic carbocycles. The molecule has 0 bridgehead atoms. The molecule has 12 heteroatoms. The van der Waals surface area contributed by atoms with Gasteiger partial charge in [0.2, 0.25) is 5.95 Å². The average molecular weight is 610 g/mol. The summed E-state index contributed by atoms with van der Waals surface area (Å²) >= 11 is 4.64. The highest BCUT2D eigenvalue weighted by Crippen LogP contribution is 2.38. The molecule has 0 spiro atoms. The second-order valence-corrected chi connectivity index (χ2v) is 10.6. The molecule has 0 aliphatic carbocycles. The predicted octanol–water partition coefficient (Wildman–Crippen LogP) is 4.26. The minimum absolute atomic E-state index is 0.0123. The van der Waals surface area contributed by atoms with E-state index in [0.29, 0.717) is 40.5 Å². The number of ketones is 1. The van der Waals surface area contributed by atoms with Crippen LogP contribution in [-0.4, -0.2) is 82.9 Å².